The number of carbonyl (C=O) groups excluding carboxylic acids is 1. The Morgan fingerprint density at radius 3 is 2.57 bits per heavy atom. The van der Waals surface area contributed by atoms with Crippen LogP contribution in [0.1, 0.15) is 56.6 Å². The van der Waals surface area contributed by atoms with Gasteiger partial charge in [0.25, 0.3) is 0 Å². The molecule has 3 heteroatoms. The first-order chi connectivity index (χ1) is 10.2. The van der Waals surface area contributed by atoms with E-state index in [1.54, 1.807) is 0 Å². The van der Waals surface area contributed by atoms with E-state index in [-0.39, 0.29) is 18.4 Å². The first-order valence-corrected chi connectivity index (χ1v) is 8.20. The molecule has 0 bridgehead atoms. The summed E-state index contributed by atoms with van der Waals surface area (Å²) in [6.45, 7) is 2.63. The minimum absolute atomic E-state index is 0.0192. The highest BCUT2D eigenvalue weighted by Crippen LogP contribution is 2.31. The van der Waals surface area contributed by atoms with Gasteiger partial charge in [-0.05, 0) is 29.9 Å². The van der Waals surface area contributed by atoms with E-state index in [9.17, 15) is 9.90 Å². The highest BCUT2D eigenvalue weighted by atomic mass is 16.3. The Morgan fingerprint density at radius 2 is 1.95 bits per heavy atom. The van der Waals surface area contributed by atoms with Crippen LogP contribution in [0.5, 0.6) is 0 Å². The van der Waals surface area contributed by atoms with Gasteiger partial charge in [0.15, 0.2) is 0 Å². The SMILES string of the molecule is CCC(CC1CCCC1)C(=O)NCc1ccccc1CO. The molecule has 1 unspecified atom stereocenters. The van der Waals surface area contributed by atoms with E-state index in [2.05, 4.69) is 12.2 Å². The number of amides is 1. The number of rotatable bonds is 7. The minimum Gasteiger partial charge on any atom is -0.392 e. The van der Waals surface area contributed by atoms with Crippen molar-refractivity contribution in [2.75, 3.05) is 0 Å². The summed E-state index contributed by atoms with van der Waals surface area (Å²) in [6, 6.07) is 7.71. The monoisotopic (exact) mass is 289 g/mol. The van der Waals surface area contributed by atoms with Crippen molar-refractivity contribution in [1.29, 1.82) is 0 Å². The van der Waals surface area contributed by atoms with Gasteiger partial charge in [0.05, 0.1) is 6.61 Å². The van der Waals surface area contributed by atoms with Gasteiger partial charge in [0.2, 0.25) is 5.91 Å². The van der Waals surface area contributed by atoms with Gasteiger partial charge >= 0.3 is 0 Å². The van der Waals surface area contributed by atoms with Crippen LogP contribution in [0.2, 0.25) is 0 Å². The van der Waals surface area contributed by atoms with Gasteiger partial charge in [0, 0.05) is 12.5 Å². The third-order valence-electron chi connectivity index (χ3n) is 4.70. The fourth-order valence-corrected chi connectivity index (χ4v) is 3.32. The topological polar surface area (TPSA) is 49.3 Å². The van der Waals surface area contributed by atoms with E-state index in [0.29, 0.717) is 6.54 Å². The lowest BCUT2D eigenvalue weighted by Crippen LogP contribution is -2.31. The molecule has 21 heavy (non-hydrogen) atoms. The lowest BCUT2D eigenvalue weighted by atomic mass is 9.90. The highest BCUT2D eigenvalue weighted by molar-refractivity contribution is 5.78. The zero-order valence-corrected chi connectivity index (χ0v) is 13.0. The summed E-state index contributed by atoms with van der Waals surface area (Å²) in [4.78, 5) is 12.4. The molecule has 1 fully saturated rings. The summed E-state index contributed by atoms with van der Waals surface area (Å²) in [5, 5.41) is 12.4. The van der Waals surface area contributed by atoms with Crippen LogP contribution in [-0.4, -0.2) is 11.0 Å². The summed E-state index contributed by atoms with van der Waals surface area (Å²) < 4.78 is 0. The van der Waals surface area contributed by atoms with Crippen LogP contribution in [0, 0.1) is 11.8 Å². The summed E-state index contributed by atoms with van der Waals surface area (Å²) in [5.41, 5.74) is 1.89. The second kappa shape index (κ2) is 8.18. The quantitative estimate of drug-likeness (QED) is 0.808. The molecule has 3 nitrogen and oxygen atoms in total. The van der Waals surface area contributed by atoms with Gasteiger partial charge in [-0.2, -0.15) is 0 Å². The van der Waals surface area contributed by atoms with Crippen molar-refractivity contribution in [3.05, 3.63) is 35.4 Å². The maximum absolute atomic E-state index is 12.4. The van der Waals surface area contributed by atoms with Gasteiger partial charge in [-0.15, -0.1) is 0 Å². The number of benzene rings is 1. The van der Waals surface area contributed by atoms with Crippen molar-refractivity contribution in [2.24, 2.45) is 11.8 Å². The van der Waals surface area contributed by atoms with Crippen molar-refractivity contribution in [1.82, 2.24) is 5.32 Å². The van der Waals surface area contributed by atoms with E-state index in [4.69, 9.17) is 0 Å². The number of aliphatic hydroxyl groups excluding tert-OH is 1. The van der Waals surface area contributed by atoms with Crippen molar-refractivity contribution >= 4 is 5.91 Å². The molecule has 1 saturated carbocycles. The first kappa shape index (κ1) is 16.0. The Kier molecular flexibility index (Phi) is 6.24. The van der Waals surface area contributed by atoms with E-state index in [1.807, 2.05) is 24.3 Å². The number of hydrogen-bond acceptors (Lipinski definition) is 2. The molecule has 0 spiro atoms. The smallest absolute Gasteiger partial charge is 0.223 e. The molecule has 0 radical (unpaired) electrons. The van der Waals surface area contributed by atoms with Crippen LogP contribution in [0.15, 0.2) is 24.3 Å². The molecule has 0 saturated heterocycles. The van der Waals surface area contributed by atoms with Gasteiger partial charge in [-0.3, -0.25) is 4.79 Å². The van der Waals surface area contributed by atoms with Gasteiger partial charge in [-0.1, -0.05) is 56.9 Å². The van der Waals surface area contributed by atoms with Gasteiger partial charge in [-0.25, -0.2) is 0 Å². The van der Waals surface area contributed by atoms with Crippen molar-refractivity contribution in [2.45, 2.75) is 58.6 Å². The number of hydrogen-bond donors (Lipinski definition) is 2. The maximum Gasteiger partial charge on any atom is 0.223 e. The molecule has 0 aromatic heterocycles. The summed E-state index contributed by atoms with van der Waals surface area (Å²) in [6.07, 6.45) is 7.17. The molecule has 0 aliphatic heterocycles. The fraction of sp³-hybridized carbons (Fsp3) is 0.611. The highest BCUT2D eigenvalue weighted by Gasteiger charge is 2.23. The number of carbonyl (C=O) groups is 1. The van der Waals surface area contributed by atoms with Crippen molar-refractivity contribution in [3.63, 3.8) is 0 Å². The minimum atomic E-state index is 0.0192. The van der Waals surface area contributed by atoms with Crippen molar-refractivity contribution in [3.8, 4) is 0 Å². The van der Waals surface area contributed by atoms with E-state index in [0.717, 1.165) is 29.9 Å². The molecule has 116 valence electrons. The first-order valence-electron chi connectivity index (χ1n) is 8.20. The van der Waals surface area contributed by atoms with E-state index < -0.39 is 0 Å². The molecule has 1 atom stereocenters. The predicted octanol–water partition coefficient (Wildman–Crippen LogP) is 3.40. The van der Waals surface area contributed by atoms with Crippen molar-refractivity contribution < 1.29 is 9.90 Å². The molecule has 1 aliphatic rings. The second-order valence-electron chi connectivity index (χ2n) is 6.14. The zero-order chi connectivity index (χ0) is 15.1. The maximum atomic E-state index is 12.4. The molecule has 1 aromatic rings. The molecule has 1 aliphatic carbocycles. The Labute approximate surface area is 127 Å². The summed E-state index contributed by atoms with van der Waals surface area (Å²) in [5.74, 6) is 1.04. The largest absolute Gasteiger partial charge is 0.392 e. The number of aliphatic hydroxyl groups is 1. The number of nitrogens with one attached hydrogen (secondary N) is 1. The molecule has 2 N–H and O–H groups in total. The standard InChI is InChI=1S/C18H27NO2/c1-2-15(11-14-7-3-4-8-14)18(21)19-12-16-9-5-6-10-17(16)13-20/h5-6,9-10,14-15,20H,2-4,7-8,11-13H2,1H3,(H,19,21). The average molecular weight is 289 g/mol. The van der Waals surface area contributed by atoms with Crippen LogP contribution in [0.4, 0.5) is 0 Å². The molecule has 0 heterocycles. The predicted molar refractivity (Wildman–Crippen MR) is 84.6 cm³/mol. The summed E-state index contributed by atoms with van der Waals surface area (Å²) in [7, 11) is 0. The molecular formula is C18H27NO2. The van der Waals surface area contributed by atoms with E-state index in [1.165, 1.54) is 25.7 Å². The zero-order valence-electron chi connectivity index (χ0n) is 13.0. The molecule has 2 rings (SSSR count). The Bertz CT molecular complexity index is 452. The van der Waals surface area contributed by atoms with Gasteiger partial charge < -0.3 is 10.4 Å². The third kappa shape index (κ3) is 4.57. The van der Waals surface area contributed by atoms with Crippen LogP contribution >= 0.6 is 0 Å². The summed E-state index contributed by atoms with van der Waals surface area (Å²) >= 11 is 0. The average Bonchev–Trinajstić information content (AvgIpc) is 3.03. The van der Waals surface area contributed by atoms with Crippen LogP contribution in [-0.2, 0) is 17.9 Å². The Morgan fingerprint density at radius 1 is 1.29 bits per heavy atom. The molecule has 1 amide bonds. The Hall–Kier alpha value is -1.35. The van der Waals surface area contributed by atoms with Crippen LogP contribution in [0.25, 0.3) is 0 Å². The Balaban J connectivity index is 1.86. The van der Waals surface area contributed by atoms with Crippen LogP contribution in [0.3, 0.4) is 0 Å². The normalized spacial score (nSPS) is 16.9. The lowest BCUT2D eigenvalue weighted by Gasteiger charge is -2.19. The van der Waals surface area contributed by atoms with E-state index >= 15 is 0 Å². The van der Waals surface area contributed by atoms with Crippen LogP contribution < -0.4 is 5.32 Å². The molecule has 1 aromatic carbocycles. The molecular weight excluding hydrogens is 262 g/mol. The lowest BCUT2D eigenvalue weighted by molar-refractivity contribution is -0.125. The third-order valence-corrected chi connectivity index (χ3v) is 4.70. The van der Waals surface area contributed by atoms with Gasteiger partial charge in [0.1, 0.15) is 0 Å². The fourth-order valence-electron chi connectivity index (χ4n) is 3.32. The second-order valence-corrected chi connectivity index (χ2v) is 6.14.